The lowest BCUT2D eigenvalue weighted by Gasteiger charge is -2.23. The van der Waals surface area contributed by atoms with Crippen LogP contribution in [0.2, 0.25) is 0 Å². The molecule has 0 bridgehead atoms. The smallest absolute Gasteiger partial charge is 0.0133 e. The summed E-state index contributed by atoms with van der Waals surface area (Å²) in [4.78, 5) is 0. The standard InChI is InChI=1S/C30H30I2P2/c31-27-11-7-9-25(23-27)17-19-33(29-13-3-1-4-14-29)21-22-34(30-15-5-2-6-16-30)20-18-26-10-8-12-28(32)24-26/h1-16,23-24H,17-22H2. The normalized spacial score (nSPS) is 12.9. The first-order valence-corrected chi connectivity index (χ1v) is 17.3. The third-order valence-electron chi connectivity index (χ3n) is 6.00. The van der Waals surface area contributed by atoms with Gasteiger partial charge in [0.25, 0.3) is 0 Å². The number of aryl methyl sites for hydroxylation is 2. The maximum absolute atomic E-state index is 2.43. The van der Waals surface area contributed by atoms with Crippen molar-refractivity contribution < 1.29 is 0 Å². The lowest BCUT2D eigenvalue weighted by Crippen LogP contribution is -2.14. The Morgan fingerprint density at radius 1 is 0.441 bits per heavy atom. The fourth-order valence-corrected chi connectivity index (χ4v) is 11.0. The van der Waals surface area contributed by atoms with Crippen molar-refractivity contribution in [3.05, 3.63) is 127 Å². The largest absolute Gasteiger partial charge is 0.0746 e. The van der Waals surface area contributed by atoms with E-state index in [2.05, 4.69) is 154 Å². The summed E-state index contributed by atoms with van der Waals surface area (Å²) < 4.78 is 2.67. The molecule has 0 radical (unpaired) electrons. The van der Waals surface area contributed by atoms with Crippen LogP contribution in [0.3, 0.4) is 0 Å². The zero-order valence-electron chi connectivity index (χ0n) is 19.3. The van der Waals surface area contributed by atoms with Crippen LogP contribution >= 0.6 is 61.0 Å². The molecule has 0 nitrogen and oxygen atoms in total. The van der Waals surface area contributed by atoms with E-state index in [9.17, 15) is 0 Å². The first-order chi connectivity index (χ1) is 16.7. The second-order valence-corrected chi connectivity index (χ2v) is 15.9. The predicted molar refractivity (Wildman–Crippen MR) is 171 cm³/mol. The van der Waals surface area contributed by atoms with E-state index in [1.165, 1.54) is 55.8 Å². The summed E-state index contributed by atoms with van der Waals surface area (Å²) in [5, 5.41) is 3.12. The predicted octanol–water partition coefficient (Wildman–Crippen LogP) is 8.30. The summed E-state index contributed by atoms with van der Waals surface area (Å²) in [6.45, 7) is 0. The highest BCUT2D eigenvalue weighted by Crippen LogP contribution is 2.43. The van der Waals surface area contributed by atoms with Crippen LogP contribution < -0.4 is 10.6 Å². The van der Waals surface area contributed by atoms with Gasteiger partial charge in [0.2, 0.25) is 0 Å². The molecule has 0 aliphatic rings. The summed E-state index contributed by atoms with van der Waals surface area (Å²) in [5.41, 5.74) is 2.94. The Morgan fingerprint density at radius 2 is 0.853 bits per heavy atom. The molecule has 0 amide bonds. The van der Waals surface area contributed by atoms with Crippen molar-refractivity contribution in [3.63, 3.8) is 0 Å². The highest BCUT2D eigenvalue weighted by atomic mass is 127. The minimum atomic E-state index is -0.170. The molecule has 2 atom stereocenters. The van der Waals surface area contributed by atoms with Crippen LogP contribution in [0.5, 0.6) is 0 Å². The van der Waals surface area contributed by atoms with Crippen LogP contribution in [0.25, 0.3) is 0 Å². The van der Waals surface area contributed by atoms with E-state index in [4.69, 9.17) is 0 Å². The average Bonchev–Trinajstić information content (AvgIpc) is 2.87. The van der Waals surface area contributed by atoms with Crippen LogP contribution in [0.1, 0.15) is 11.1 Å². The summed E-state index contributed by atoms with van der Waals surface area (Å²) in [6, 6.07) is 40.6. The van der Waals surface area contributed by atoms with Crippen molar-refractivity contribution in [2.24, 2.45) is 0 Å². The van der Waals surface area contributed by atoms with Gasteiger partial charge in [-0.15, -0.1) is 0 Å². The van der Waals surface area contributed by atoms with Crippen molar-refractivity contribution in [2.45, 2.75) is 12.8 Å². The first-order valence-electron chi connectivity index (χ1n) is 11.8. The maximum atomic E-state index is 2.43. The van der Waals surface area contributed by atoms with E-state index in [1.807, 2.05) is 0 Å². The van der Waals surface area contributed by atoms with Gasteiger partial charge in [0.15, 0.2) is 0 Å². The molecule has 0 fully saturated rings. The molecule has 0 aliphatic carbocycles. The highest BCUT2D eigenvalue weighted by Gasteiger charge is 2.17. The molecule has 4 heteroatoms. The van der Waals surface area contributed by atoms with Crippen molar-refractivity contribution in [1.29, 1.82) is 0 Å². The lowest BCUT2D eigenvalue weighted by molar-refractivity contribution is 1.13. The van der Waals surface area contributed by atoms with E-state index in [0.717, 1.165) is 0 Å². The quantitative estimate of drug-likeness (QED) is 0.109. The van der Waals surface area contributed by atoms with Gasteiger partial charge in [0.1, 0.15) is 0 Å². The van der Waals surface area contributed by atoms with Crippen molar-refractivity contribution >= 4 is 71.6 Å². The van der Waals surface area contributed by atoms with Gasteiger partial charge >= 0.3 is 0 Å². The molecular formula is C30H30I2P2. The van der Waals surface area contributed by atoms with Crippen LogP contribution in [-0.2, 0) is 12.8 Å². The fourth-order valence-electron chi connectivity index (χ4n) is 4.17. The molecule has 34 heavy (non-hydrogen) atoms. The van der Waals surface area contributed by atoms with E-state index in [1.54, 1.807) is 10.6 Å². The Morgan fingerprint density at radius 3 is 1.24 bits per heavy atom. The van der Waals surface area contributed by atoms with Crippen LogP contribution in [0, 0.1) is 7.14 Å². The summed E-state index contributed by atoms with van der Waals surface area (Å²) in [5.74, 6) is 0. The minimum Gasteiger partial charge on any atom is -0.0746 e. The number of halogens is 2. The Hall–Kier alpha value is -0.800. The van der Waals surface area contributed by atoms with Crippen molar-refractivity contribution in [1.82, 2.24) is 0 Å². The molecule has 4 aromatic carbocycles. The molecule has 0 aliphatic heterocycles. The third kappa shape index (κ3) is 8.40. The van der Waals surface area contributed by atoms with Gasteiger partial charge in [-0.25, -0.2) is 0 Å². The highest BCUT2D eigenvalue weighted by molar-refractivity contribution is 14.1. The molecule has 2 unspecified atom stereocenters. The molecule has 4 aromatic rings. The molecule has 4 rings (SSSR count). The van der Waals surface area contributed by atoms with E-state index < -0.39 is 0 Å². The Balaban J connectivity index is 1.47. The number of benzene rings is 4. The van der Waals surface area contributed by atoms with Gasteiger partial charge in [-0.3, -0.25) is 0 Å². The number of hydrogen-bond donors (Lipinski definition) is 0. The molecule has 0 aromatic heterocycles. The van der Waals surface area contributed by atoms with Gasteiger partial charge in [-0.1, -0.05) is 101 Å². The molecule has 174 valence electrons. The van der Waals surface area contributed by atoms with Gasteiger partial charge in [-0.05, 0) is 129 Å². The molecule has 0 heterocycles. The number of hydrogen-bond acceptors (Lipinski definition) is 0. The topological polar surface area (TPSA) is 0 Å². The zero-order valence-corrected chi connectivity index (χ0v) is 25.4. The van der Waals surface area contributed by atoms with Crippen LogP contribution in [-0.4, -0.2) is 24.6 Å². The molecule has 0 N–H and O–H groups in total. The average molecular weight is 706 g/mol. The van der Waals surface area contributed by atoms with Gasteiger partial charge in [0, 0.05) is 7.14 Å². The van der Waals surface area contributed by atoms with Gasteiger partial charge in [0.05, 0.1) is 0 Å². The summed E-state index contributed by atoms with van der Waals surface area (Å²) in [7, 11) is -0.339. The Labute approximate surface area is 234 Å². The van der Waals surface area contributed by atoms with Crippen molar-refractivity contribution in [3.8, 4) is 0 Å². The summed E-state index contributed by atoms with van der Waals surface area (Å²) >= 11 is 4.86. The van der Waals surface area contributed by atoms with Crippen molar-refractivity contribution in [2.75, 3.05) is 24.6 Å². The molecule has 0 spiro atoms. The van der Waals surface area contributed by atoms with Crippen LogP contribution in [0.15, 0.2) is 109 Å². The third-order valence-corrected chi connectivity index (χ3v) is 12.8. The molecule has 0 saturated heterocycles. The SMILES string of the molecule is Ic1cccc(CCP(CCP(CCc2cccc(I)c2)c2ccccc2)c2ccccc2)c1. The van der Waals surface area contributed by atoms with E-state index in [-0.39, 0.29) is 15.8 Å². The van der Waals surface area contributed by atoms with E-state index >= 15 is 0 Å². The Bertz CT molecular complexity index is 1060. The second-order valence-electron chi connectivity index (χ2n) is 8.41. The maximum Gasteiger partial charge on any atom is 0.0133 e. The first kappa shape index (κ1) is 26.3. The zero-order chi connectivity index (χ0) is 23.6. The van der Waals surface area contributed by atoms with Gasteiger partial charge in [-0.2, -0.15) is 0 Å². The Kier molecular flexibility index (Phi) is 10.9. The minimum absolute atomic E-state index is 0.170. The van der Waals surface area contributed by atoms with E-state index in [0.29, 0.717) is 0 Å². The molecular weight excluding hydrogens is 676 g/mol. The second kappa shape index (κ2) is 14.1. The van der Waals surface area contributed by atoms with Crippen LogP contribution in [0.4, 0.5) is 0 Å². The molecule has 0 saturated carbocycles. The fraction of sp³-hybridized carbons (Fsp3) is 0.200. The number of rotatable bonds is 11. The van der Waals surface area contributed by atoms with Gasteiger partial charge < -0.3 is 0 Å². The lowest BCUT2D eigenvalue weighted by atomic mass is 10.2. The monoisotopic (exact) mass is 706 g/mol. The summed E-state index contributed by atoms with van der Waals surface area (Å²) in [6.07, 6.45) is 7.52.